The summed E-state index contributed by atoms with van der Waals surface area (Å²) in [6, 6.07) is 69.9. The zero-order chi connectivity index (χ0) is 31.9. The Morgan fingerprint density at radius 2 is 0.917 bits per heavy atom. The van der Waals surface area contributed by atoms with Gasteiger partial charge in [-0.1, -0.05) is 133 Å². The van der Waals surface area contributed by atoms with Crippen molar-refractivity contribution in [3.05, 3.63) is 194 Å². The van der Waals surface area contributed by atoms with Gasteiger partial charge in [-0.15, -0.1) is 0 Å². The van der Waals surface area contributed by atoms with Gasteiger partial charge in [-0.2, -0.15) is 0 Å². The van der Waals surface area contributed by atoms with Gasteiger partial charge >= 0.3 is 0 Å². The van der Waals surface area contributed by atoms with Gasteiger partial charge in [-0.3, -0.25) is 0 Å². The zero-order valence-corrected chi connectivity index (χ0v) is 26.4. The molecule has 1 aliphatic heterocycles. The van der Waals surface area contributed by atoms with Crippen LogP contribution in [0.2, 0.25) is 0 Å². The van der Waals surface area contributed by atoms with Crippen molar-refractivity contribution in [2.45, 2.75) is 0 Å². The maximum atomic E-state index is 2.40. The lowest BCUT2D eigenvalue weighted by Crippen LogP contribution is -2.11. The molecule has 0 saturated carbocycles. The first-order valence-electron chi connectivity index (χ1n) is 16.4. The highest BCUT2D eigenvalue weighted by Gasteiger charge is 2.26. The second kappa shape index (κ2) is 11.8. The van der Waals surface area contributed by atoms with E-state index in [1.165, 1.54) is 55.5 Å². The Bertz CT molecular complexity index is 2390. The Labute approximate surface area is 281 Å². The van der Waals surface area contributed by atoms with E-state index in [0.717, 1.165) is 22.7 Å². The molecule has 1 aliphatic rings. The molecule has 0 spiro atoms. The number of para-hydroxylation sites is 3. The minimum Gasteiger partial charge on any atom is -0.310 e. The molecule has 0 aliphatic carbocycles. The molecule has 0 aromatic heterocycles. The quantitative estimate of drug-likeness (QED) is 0.191. The SMILES string of the molecule is c1ccc(N2c3ccccc3-c3ccccc3-c3cc(-c4ccc(N(c5ccccc5)c5cccc6ccccc56)cc4)ccc32)cc1. The van der Waals surface area contributed by atoms with Gasteiger partial charge in [-0.25, -0.2) is 0 Å². The molecule has 2 nitrogen and oxygen atoms in total. The van der Waals surface area contributed by atoms with E-state index in [1.54, 1.807) is 0 Å². The molecule has 226 valence electrons. The predicted octanol–water partition coefficient (Wildman–Crippen LogP) is 13.1. The summed E-state index contributed by atoms with van der Waals surface area (Å²) in [6.07, 6.45) is 0. The van der Waals surface area contributed by atoms with E-state index in [0.29, 0.717) is 0 Å². The summed E-state index contributed by atoms with van der Waals surface area (Å²) in [5.74, 6) is 0. The van der Waals surface area contributed by atoms with Crippen LogP contribution in [0.3, 0.4) is 0 Å². The Morgan fingerprint density at radius 1 is 0.354 bits per heavy atom. The zero-order valence-electron chi connectivity index (χ0n) is 26.4. The Kier molecular flexibility index (Phi) is 6.84. The van der Waals surface area contributed by atoms with Crippen LogP contribution in [0.4, 0.5) is 34.1 Å². The number of hydrogen-bond donors (Lipinski definition) is 0. The summed E-state index contributed by atoms with van der Waals surface area (Å²) >= 11 is 0. The number of rotatable bonds is 5. The molecule has 9 rings (SSSR count). The van der Waals surface area contributed by atoms with Gasteiger partial charge < -0.3 is 9.80 Å². The number of fused-ring (bicyclic) bond motifs is 6. The monoisotopic (exact) mass is 612 g/mol. The minimum atomic E-state index is 1.12. The van der Waals surface area contributed by atoms with Crippen molar-refractivity contribution in [2.75, 3.05) is 9.80 Å². The van der Waals surface area contributed by atoms with Crippen LogP contribution < -0.4 is 9.80 Å². The molecule has 0 saturated heterocycles. The summed E-state index contributed by atoms with van der Waals surface area (Å²) < 4.78 is 0. The van der Waals surface area contributed by atoms with Gasteiger partial charge in [0.25, 0.3) is 0 Å². The van der Waals surface area contributed by atoms with Crippen LogP contribution in [0.25, 0.3) is 44.2 Å². The molecule has 48 heavy (non-hydrogen) atoms. The molecule has 8 aromatic carbocycles. The molecular weight excluding hydrogens is 581 g/mol. The Balaban J connectivity index is 1.18. The lowest BCUT2D eigenvalue weighted by Gasteiger charge is -2.28. The van der Waals surface area contributed by atoms with Gasteiger partial charge in [0.2, 0.25) is 0 Å². The minimum absolute atomic E-state index is 1.12. The highest BCUT2D eigenvalue weighted by Crippen LogP contribution is 2.51. The molecule has 0 fully saturated rings. The van der Waals surface area contributed by atoms with Crippen molar-refractivity contribution < 1.29 is 0 Å². The average Bonchev–Trinajstić information content (AvgIpc) is 3.29. The lowest BCUT2D eigenvalue weighted by molar-refractivity contribution is 1.29. The third-order valence-electron chi connectivity index (χ3n) is 9.38. The van der Waals surface area contributed by atoms with E-state index in [9.17, 15) is 0 Å². The van der Waals surface area contributed by atoms with Gasteiger partial charge in [0.05, 0.1) is 17.1 Å². The fourth-order valence-corrected chi connectivity index (χ4v) is 7.17. The first kappa shape index (κ1) is 27.9. The van der Waals surface area contributed by atoms with Gasteiger partial charge in [0.1, 0.15) is 0 Å². The van der Waals surface area contributed by atoms with Crippen LogP contribution in [0.15, 0.2) is 194 Å². The summed E-state index contributed by atoms with van der Waals surface area (Å²) in [6.45, 7) is 0. The van der Waals surface area contributed by atoms with E-state index < -0.39 is 0 Å². The lowest BCUT2D eigenvalue weighted by atomic mass is 9.92. The van der Waals surface area contributed by atoms with Crippen molar-refractivity contribution in [3.8, 4) is 33.4 Å². The van der Waals surface area contributed by atoms with Crippen molar-refractivity contribution in [1.82, 2.24) is 0 Å². The summed E-state index contributed by atoms with van der Waals surface area (Å²) in [4.78, 5) is 4.76. The molecule has 0 radical (unpaired) electrons. The molecule has 0 unspecified atom stereocenters. The summed E-state index contributed by atoms with van der Waals surface area (Å²) in [7, 11) is 0. The molecule has 1 heterocycles. The first-order chi connectivity index (χ1) is 23.8. The van der Waals surface area contributed by atoms with E-state index in [4.69, 9.17) is 0 Å². The van der Waals surface area contributed by atoms with Crippen molar-refractivity contribution in [2.24, 2.45) is 0 Å². The number of hydrogen-bond acceptors (Lipinski definition) is 2. The molecule has 8 aromatic rings. The number of anilines is 6. The van der Waals surface area contributed by atoms with Crippen molar-refractivity contribution in [3.63, 3.8) is 0 Å². The highest BCUT2D eigenvalue weighted by atomic mass is 15.2. The summed E-state index contributed by atoms with van der Waals surface area (Å²) in [5.41, 5.74) is 14.2. The smallest absolute Gasteiger partial charge is 0.0540 e. The standard InChI is InChI=1S/C46H32N2/c1-3-16-36(17-4-1)47(44-25-13-15-34-14-7-8-20-39(34)44)38-29-26-33(27-30-38)35-28-31-46-43(32-35)41-22-10-9-21-40(41)42-23-11-12-24-45(42)48(46)37-18-5-2-6-19-37/h1-32H. The molecule has 2 heteroatoms. The average molecular weight is 613 g/mol. The van der Waals surface area contributed by atoms with Crippen LogP contribution in [0.1, 0.15) is 0 Å². The first-order valence-corrected chi connectivity index (χ1v) is 16.4. The maximum absolute atomic E-state index is 2.40. The summed E-state index contributed by atoms with van der Waals surface area (Å²) in [5, 5.41) is 2.45. The van der Waals surface area contributed by atoms with Gasteiger partial charge in [0.15, 0.2) is 0 Å². The van der Waals surface area contributed by atoms with Crippen LogP contribution in [0, 0.1) is 0 Å². The Morgan fingerprint density at radius 3 is 1.71 bits per heavy atom. The molecule has 0 N–H and O–H groups in total. The molecule has 0 atom stereocenters. The third-order valence-corrected chi connectivity index (χ3v) is 9.38. The largest absolute Gasteiger partial charge is 0.310 e. The second-order valence-electron chi connectivity index (χ2n) is 12.2. The number of nitrogens with zero attached hydrogens (tertiary/aromatic N) is 2. The Hall–Kier alpha value is -6.38. The van der Waals surface area contributed by atoms with Crippen molar-refractivity contribution in [1.29, 1.82) is 0 Å². The highest BCUT2D eigenvalue weighted by molar-refractivity contribution is 6.03. The third kappa shape index (κ3) is 4.74. The van der Waals surface area contributed by atoms with Gasteiger partial charge in [0, 0.05) is 33.6 Å². The number of benzene rings is 8. The topological polar surface area (TPSA) is 6.48 Å². The van der Waals surface area contributed by atoms with Crippen LogP contribution in [-0.2, 0) is 0 Å². The fourth-order valence-electron chi connectivity index (χ4n) is 7.17. The van der Waals surface area contributed by atoms with Gasteiger partial charge in [-0.05, 0) is 88.3 Å². The van der Waals surface area contributed by atoms with E-state index in [1.807, 2.05) is 0 Å². The fraction of sp³-hybridized carbons (Fsp3) is 0. The van der Waals surface area contributed by atoms with E-state index in [-0.39, 0.29) is 0 Å². The molecular formula is C46H32N2. The van der Waals surface area contributed by atoms with Crippen molar-refractivity contribution >= 4 is 44.9 Å². The normalized spacial score (nSPS) is 11.7. The van der Waals surface area contributed by atoms with E-state index >= 15 is 0 Å². The second-order valence-corrected chi connectivity index (χ2v) is 12.2. The predicted molar refractivity (Wildman–Crippen MR) is 203 cm³/mol. The van der Waals surface area contributed by atoms with Crippen LogP contribution in [-0.4, -0.2) is 0 Å². The van der Waals surface area contributed by atoms with Crippen LogP contribution in [0.5, 0.6) is 0 Å². The van der Waals surface area contributed by atoms with Crippen LogP contribution >= 0.6 is 0 Å². The maximum Gasteiger partial charge on any atom is 0.0540 e. The van der Waals surface area contributed by atoms with E-state index in [2.05, 4.69) is 204 Å². The molecule has 0 bridgehead atoms. The molecule has 0 amide bonds.